The summed E-state index contributed by atoms with van der Waals surface area (Å²) in [4.78, 5) is 25.9. The Bertz CT molecular complexity index is 287. The van der Waals surface area contributed by atoms with E-state index in [2.05, 4.69) is 0 Å². The van der Waals surface area contributed by atoms with Crippen LogP contribution in [0.15, 0.2) is 0 Å². The molecule has 98 valence electrons. The molecule has 0 aromatic heterocycles. The molecule has 17 heavy (non-hydrogen) atoms. The van der Waals surface area contributed by atoms with Crippen molar-refractivity contribution in [2.24, 2.45) is 0 Å². The number of nitrogens with zero attached hydrogens (tertiary/aromatic N) is 2. The van der Waals surface area contributed by atoms with E-state index in [-0.39, 0.29) is 6.03 Å². The van der Waals surface area contributed by atoms with Crippen LogP contribution in [0.1, 0.15) is 6.42 Å². The minimum atomic E-state index is -0.936. The van der Waals surface area contributed by atoms with Crippen LogP contribution < -0.4 is 0 Å². The number of thioether (sulfide) groups is 1. The van der Waals surface area contributed by atoms with Crippen LogP contribution in [0.25, 0.3) is 0 Å². The van der Waals surface area contributed by atoms with Crippen LogP contribution in [0.2, 0.25) is 0 Å². The minimum absolute atomic E-state index is 0.224. The summed E-state index contributed by atoms with van der Waals surface area (Å²) < 4.78 is 4.91. The first-order valence-corrected chi connectivity index (χ1v) is 6.54. The fourth-order valence-electron chi connectivity index (χ4n) is 1.60. The van der Waals surface area contributed by atoms with Gasteiger partial charge in [0.05, 0.1) is 5.88 Å². The van der Waals surface area contributed by atoms with Crippen molar-refractivity contribution in [3.05, 3.63) is 0 Å². The third-order valence-corrected chi connectivity index (χ3v) is 3.59. The van der Waals surface area contributed by atoms with Crippen molar-refractivity contribution in [1.82, 2.24) is 9.80 Å². The Balaban J connectivity index is 2.47. The lowest BCUT2D eigenvalue weighted by Crippen LogP contribution is -2.47. The molecule has 0 aromatic rings. The Labute approximate surface area is 105 Å². The van der Waals surface area contributed by atoms with E-state index < -0.39 is 12.0 Å². The van der Waals surface area contributed by atoms with Gasteiger partial charge in [0.25, 0.3) is 0 Å². The zero-order valence-electron chi connectivity index (χ0n) is 10.1. The summed E-state index contributed by atoms with van der Waals surface area (Å²) in [6, 6.07) is -0.920. The zero-order valence-corrected chi connectivity index (χ0v) is 10.9. The van der Waals surface area contributed by atoms with Crippen molar-refractivity contribution in [2.75, 3.05) is 38.9 Å². The number of carboxylic acid groups (broad SMARTS) is 1. The van der Waals surface area contributed by atoms with Crippen molar-refractivity contribution in [3.8, 4) is 0 Å². The van der Waals surface area contributed by atoms with Gasteiger partial charge in [-0.15, -0.1) is 11.8 Å². The van der Waals surface area contributed by atoms with Crippen molar-refractivity contribution in [3.63, 3.8) is 0 Å². The van der Waals surface area contributed by atoms with Gasteiger partial charge >= 0.3 is 12.0 Å². The Hall–Kier alpha value is -0.950. The van der Waals surface area contributed by atoms with Gasteiger partial charge in [0.15, 0.2) is 0 Å². The van der Waals surface area contributed by atoms with E-state index in [1.807, 2.05) is 0 Å². The number of carbonyl (C=O) groups is 2. The molecule has 1 aliphatic heterocycles. The van der Waals surface area contributed by atoms with Gasteiger partial charge in [-0.2, -0.15) is 0 Å². The molecule has 0 spiro atoms. The Morgan fingerprint density at radius 1 is 1.59 bits per heavy atom. The molecule has 1 fully saturated rings. The maximum absolute atomic E-state index is 12.0. The topological polar surface area (TPSA) is 70.1 Å². The van der Waals surface area contributed by atoms with Gasteiger partial charge in [-0.1, -0.05) is 0 Å². The van der Waals surface area contributed by atoms with Crippen molar-refractivity contribution in [2.45, 2.75) is 12.5 Å². The molecule has 2 amide bonds. The quantitative estimate of drug-likeness (QED) is 0.732. The summed E-state index contributed by atoms with van der Waals surface area (Å²) in [6.45, 7) is 1.16. The van der Waals surface area contributed by atoms with E-state index in [0.717, 1.165) is 6.42 Å². The maximum Gasteiger partial charge on any atom is 0.327 e. The summed E-state index contributed by atoms with van der Waals surface area (Å²) in [5.74, 6) is -0.0224. The normalized spacial score (nSPS) is 19.4. The number of carboxylic acids is 1. The number of aliphatic carboxylic acids is 1. The smallest absolute Gasteiger partial charge is 0.327 e. The van der Waals surface area contributed by atoms with Crippen molar-refractivity contribution >= 4 is 23.8 Å². The van der Waals surface area contributed by atoms with E-state index in [1.54, 1.807) is 19.1 Å². The molecule has 1 aliphatic rings. The molecule has 1 heterocycles. The predicted molar refractivity (Wildman–Crippen MR) is 65.1 cm³/mol. The third-order valence-electron chi connectivity index (χ3n) is 2.58. The average molecular weight is 262 g/mol. The van der Waals surface area contributed by atoms with Crippen LogP contribution in [0, 0.1) is 0 Å². The van der Waals surface area contributed by atoms with Gasteiger partial charge < -0.3 is 19.6 Å². The number of hydrogen-bond acceptors (Lipinski definition) is 4. The standard InChI is InChI=1S/C10H18N2O4S/c1-11(4-3-5-16-2)10(15)12-7-17-6-8(12)9(13)14/h8H,3-7H2,1-2H3,(H,13,14). The molecule has 0 bridgehead atoms. The molecule has 0 radical (unpaired) electrons. The number of carbonyl (C=O) groups excluding carboxylic acids is 1. The van der Waals surface area contributed by atoms with Gasteiger partial charge in [0.1, 0.15) is 6.04 Å². The van der Waals surface area contributed by atoms with Crippen LogP contribution >= 0.6 is 11.8 Å². The van der Waals surface area contributed by atoms with Gasteiger partial charge in [0.2, 0.25) is 0 Å². The first kappa shape index (κ1) is 14.1. The van der Waals surface area contributed by atoms with Gasteiger partial charge in [-0.05, 0) is 6.42 Å². The predicted octanol–water partition coefficient (Wildman–Crippen LogP) is 0.534. The van der Waals surface area contributed by atoms with Crippen LogP contribution in [-0.2, 0) is 9.53 Å². The minimum Gasteiger partial charge on any atom is -0.480 e. The molecule has 0 saturated carbocycles. The molecule has 1 rings (SSSR count). The fraction of sp³-hybridized carbons (Fsp3) is 0.800. The maximum atomic E-state index is 12.0. The van der Waals surface area contributed by atoms with E-state index >= 15 is 0 Å². The van der Waals surface area contributed by atoms with Gasteiger partial charge in [-0.3, -0.25) is 0 Å². The molecule has 7 heteroatoms. The third kappa shape index (κ3) is 3.78. The number of hydrogen-bond donors (Lipinski definition) is 1. The number of methoxy groups -OCH3 is 1. The van der Waals surface area contributed by atoms with Crippen molar-refractivity contribution in [1.29, 1.82) is 0 Å². The molecule has 1 unspecified atom stereocenters. The molecule has 6 nitrogen and oxygen atoms in total. The highest BCUT2D eigenvalue weighted by Crippen LogP contribution is 2.22. The summed E-state index contributed by atoms with van der Waals surface area (Å²) >= 11 is 1.47. The zero-order chi connectivity index (χ0) is 12.8. The van der Waals surface area contributed by atoms with Crippen LogP contribution in [0.3, 0.4) is 0 Å². The number of rotatable bonds is 5. The second-order valence-corrected chi connectivity index (χ2v) is 4.87. The lowest BCUT2D eigenvalue weighted by molar-refractivity contribution is -0.140. The number of urea groups is 1. The first-order valence-electron chi connectivity index (χ1n) is 5.39. The van der Waals surface area contributed by atoms with Crippen LogP contribution in [0.4, 0.5) is 4.79 Å². The Kier molecular flexibility index (Phi) is 5.57. The van der Waals surface area contributed by atoms with Crippen molar-refractivity contribution < 1.29 is 19.4 Å². The first-order chi connectivity index (χ1) is 8.07. The molecule has 1 atom stereocenters. The average Bonchev–Trinajstić information content (AvgIpc) is 2.77. The van der Waals surface area contributed by atoms with Gasteiger partial charge in [-0.25, -0.2) is 9.59 Å². The fourth-order valence-corrected chi connectivity index (χ4v) is 2.74. The highest BCUT2D eigenvalue weighted by molar-refractivity contribution is 7.99. The highest BCUT2D eigenvalue weighted by Gasteiger charge is 2.35. The molecule has 1 N–H and O–H groups in total. The molecule has 0 aliphatic carbocycles. The lowest BCUT2D eigenvalue weighted by atomic mass is 10.3. The molecule has 1 saturated heterocycles. The largest absolute Gasteiger partial charge is 0.480 e. The van der Waals surface area contributed by atoms with E-state index in [1.165, 1.54) is 16.7 Å². The van der Waals surface area contributed by atoms with Crippen LogP contribution in [0.5, 0.6) is 0 Å². The molecule has 0 aromatic carbocycles. The van der Waals surface area contributed by atoms with Gasteiger partial charge in [0, 0.05) is 33.1 Å². The lowest BCUT2D eigenvalue weighted by Gasteiger charge is -2.26. The van der Waals surface area contributed by atoms with E-state index in [0.29, 0.717) is 24.8 Å². The number of ether oxygens (including phenoxy) is 1. The molecular formula is C10H18N2O4S. The highest BCUT2D eigenvalue weighted by atomic mass is 32.2. The molecular weight excluding hydrogens is 244 g/mol. The van der Waals surface area contributed by atoms with E-state index in [9.17, 15) is 9.59 Å². The summed E-state index contributed by atoms with van der Waals surface area (Å²) in [7, 11) is 3.29. The second-order valence-electron chi connectivity index (χ2n) is 3.87. The van der Waals surface area contributed by atoms with Crippen LogP contribution in [-0.4, -0.2) is 71.9 Å². The summed E-state index contributed by atoms with van der Waals surface area (Å²) in [6.07, 6.45) is 0.747. The number of amides is 2. The monoisotopic (exact) mass is 262 g/mol. The van der Waals surface area contributed by atoms with E-state index in [4.69, 9.17) is 9.84 Å². The Morgan fingerprint density at radius 2 is 2.29 bits per heavy atom. The summed E-state index contributed by atoms with van der Waals surface area (Å²) in [5, 5.41) is 8.98. The Morgan fingerprint density at radius 3 is 2.88 bits per heavy atom. The SMILES string of the molecule is COCCCN(C)C(=O)N1CSCC1C(=O)O. The summed E-state index contributed by atoms with van der Waals surface area (Å²) in [5.41, 5.74) is 0. The second kappa shape index (κ2) is 6.70.